The second-order valence-corrected chi connectivity index (χ2v) is 8.38. The summed E-state index contributed by atoms with van der Waals surface area (Å²) in [6, 6.07) is 7.46. The van der Waals surface area contributed by atoms with Crippen LogP contribution in [-0.2, 0) is 9.59 Å². The Hall–Kier alpha value is -3.11. The van der Waals surface area contributed by atoms with E-state index in [1.807, 2.05) is 0 Å². The van der Waals surface area contributed by atoms with E-state index >= 15 is 0 Å². The molecule has 0 saturated carbocycles. The van der Waals surface area contributed by atoms with Crippen molar-refractivity contribution >= 4 is 52.2 Å². The molecule has 2 aliphatic rings. The molecule has 1 aromatic carbocycles. The normalized spacial score (nSPS) is 17.8. The summed E-state index contributed by atoms with van der Waals surface area (Å²) in [6.07, 6.45) is 3.26. The van der Waals surface area contributed by atoms with Crippen LogP contribution in [0.5, 0.6) is 0 Å². The predicted octanol–water partition coefficient (Wildman–Crippen LogP) is 4.17. The Kier molecular flexibility index (Phi) is 5.84. The lowest BCUT2D eigenvalue weighted by molar-refractivity contribution is -0.384. The molecule has 1 aromatic heterocycles. The zero-order valence-corrected chi connectivity index (χ0v) is 17.6. The van der Waals surface area contributed by atoms with Crippen LogP contribution >= 0.6 is 23.4 Å². The molecule has 0 N–H and O–H groups in total. The van der Waals surface area contributed by atoms with Crippen molar-refractivity contribution in [2.45, 2.75) is 12.8 Å². The van der Waals surface area contributed by atoms with Crippen LogP contribution in [0.1, 0.15) is 18.6 Å². The summed E-state index contributed by atoms with van der Waals surface area (Å²) in [4.78, 5) is 50.4. The van der Waals surface area contributed by atoms with Crippen LogP contribution in [0.4, 0.5) is 10.5 Å². The number of halogens is 1. The van der Waals surface area contributed by atoms with Crippen LogP contribution in [0.25, 0.3) is 17.4 Å². The molecule has 0 radical (unpaired) electrons. The Morgan fingerprint density at radius 1 is 1.23 bits per heavy atom. The van der Waals surface area contributed by atoms with Crippen molar-refractivity contribution in [1.29, 1.82) is 0 Å². The maximum absolute atomic E-state index is 12.6. The number of rotatable bonds is 5. The summed E-state index contributed by atoms with van der Waals surface area (Å²) in [5, 5.41) is 10.6. The summed E-state index contributed by atoms with van der Waals surface area (Å²) < 4.78 is 5.67. The van der Waals surface area contributed by atoms with Crippen molar-refractivity contribution in [3.8, 4) is 11.3 Å². The van der Waals surface area contributed by atoms with Crippen molar-refractivity contribution in [3.63, 3.8) is 0 Å². The van der Waals surface area contributed by atoms with E-state index in [9.17, 15) is 24.5 Å². The Morgan fingerprint density at radius 2 is 1.97 bits per heavy atom. The highest BCUT2D eigenvalue weighted by Gasteiger charge is 2.37. The van der Waals surface area contributed by atoms with Crippen LogP contribution in [0.15, 0.2) is 39.7 Å². The average molecular weight is 462 g/mol. The van der Waals surface area contributed by atoms with Crippen molar-refractivity contribution in [3.05, 3.63) is 56.1 Å². The molecule has 2 saturated heterocycles. The fraction of sp³-hybridized carbons (Fsp3) is 0.250. The molecule has 9 nitrogen and oxygen atoms in total. The number of hydrogen-bond donors (Lipinski definition) is 0. The number of thioether (sulfide) groups is 1. The van der Waals surface area contributed by atoms with Gasteiger partial charge in [0.15, 0.2) is 0 Å². The van der Waals surface area contributed by atoms with Gasteiger partial charge in [0, 0.05) is 30.8 Å². The number of nitro groups is 1. The highest BCUT2D eigenvalue weighted by Crippen LogP contribution is 2.35. The lowest BCUT2D eigenvalue weighted by Crippen LogP contribution is -2.40. The fourth-order valence-corrected chi connectivity index (χ4v) is 4.36. The molecular formula is C20H16ClN3O6S. The molecule has 11 heteroatoms. The van der Waals surface area contributed by atoms with Gasteiger partial charge in [-0.3, -0.25) is 29.4 Å². The third kappa shape index (κ3) is 4.35. The monoisotopic (exact) mass is 461 g/mol. The molecule has 160 valence electrons. The maximum Gasteiger partial charge on any atom is 0.294 e. The molecule has 31 heavy (non-hydrogen) atoms. The van der Waals surface area contributed by atoms with E-state index in [-0.39, 0.29) is 28.1 Å². The first kappa shape index (κ1) is 21.1. The van der Waals surface area contributed by atoms with Crippen LogP contribution in [-0.4, -0.2) is 51.4 Å². The van der Waals surface area contributed by atoms with E-state index in [1.165, 1.54) is 18.2 Å². The van der Waals surface area contributed by atoms with Gasteiger partial charge in [-0.2, -0.15) is 0 Å². The molecule has 2 fully saturated rings. The van der Waals surface area contributed by atoms with Gasteiger partial charge in [0.1, 0.15) is 23.1 Å². The van der Waals surface area contributed by atoms with Crippen molar-refractivity contribution in [2.75, 3.05) is 19.6 Å². The van der Waals surface area contributed by atoms with Gasteiger partial charge in [0.05, 0.1) is 9.83 Å². The zero-order chi connectivity index (χ0) is 22.1. The van der Waals surface area contributed by atoms with Crippen molar-refractivity contribution < 1.29 is 23.7 Å². The summed E-state index contributed by atoms with van der Waals surface area (Å²) in [6.45, 7) is 1.01. The third-order valence-corrected chi connectivity index (χ3v) is 6.18. The summed E-state index contributed by atoms with van der Waals surface area (Å²) in [5.41, 5.74) is 0.195. The van der Waals surface area contributed by atoms with Gasteiger partial charge in [-0.15, -0.1) is 0 Å². The number of benzene rings is 1. The summed E-state index contributed by atoms with van der Waals surface area (Å²) >= 11 is 6.57. The lowest BCUT2D eigenvalue weighted by Gasteiger charge is -2.18. The topological polar surface area (TPSA) is 114 Å². The minimum Gasteiger partial charge on any atom is -0.457 e. The molecule has 0 spiro atoms. The average Bonchev–Trinajstić information content (AvgIpc) is 3.47. The van der Waals surface area contributed by atoms with Gasteiger partial charge in [0.2, 0.25) is 5.91 Å². The highest BCUT2D eigenvalue weighted by molar-refractivity contribution is 8.18. The number of carbonyl (C=O) groups is 3. The van der Waals surface area contributed by atoms with Crippen LogP contribution in [0.3, 0.4) is 0 Å². The second-order valence-electron chi connectivity index (χ2n) is 6.98. The predicted molar refractivity (Wildman–Crippen MR) is 114 cm³/mol. The molecule has 4 rings (SSSR count). The molecule has 0 unspecified atom stereocenters. The summed E-state index contributed by atoms with van der Waals surface area (Å²) in [7, 11) is 0. The molecule has 3 heterocycles. The Bertz CT molecular complexity index is 1120. The van der Waals surface area contributed by atoms with Crippen LogP contribution in [0.2, 0.25) is 5.02 Å². The SMILES string of the molecule is O=C(CN1C(=O)S/C(=C/c2ccc(-c3ccc(Cl)c([N+](=O)[O-])c3)o2)C1=O)N1CCCC1. The standard InChI is InChI=1S/C20H16ClN3O6S/c21-14-5-3-12(9-15(14)24(28)29)16-6-4-13(30-16)10-17-19(26)23(20(27)31-17)11-18(25)22-7-1-2-8-22/h3-6,9-10H,1-2,7-8,11H2/b17-10+. The minimum absolute atomic E-state index is 0.0117. The number of carbonyl (C=O) groups excluding carboxylic acids is 3. The molecule has 2 aromatic rings. The molecule has 0 bridgehead atoms. The Morgan fingerprint density at radius 3 is 2.68 bits per heavy atom. The number of likely N-dealkylation sites (tertiary alicyclic amines) is 1. The number of hydrogen-bond acceptors (Lipinski definition) is 7. The van der Waals surface area contributed by atoms with Gasteiger partial charge in [-0.05, 0) is 48.9 Å². The number of nitro benzene ring substituents is 1. The largest absolute Gasteiger partial charge is 0.457 e. The summed E-state index contributed by atoms with van der Waals surface area (Å²) in [5.74, 6) is -0.160. The number of furan rings is 1. The maximum atomic E-state index is 12.6. The molecule has 2 aliphatic heterocycles. The minimum atomic E-state index is -0.588. The van der Waals surface area contributed by atoms with E-state index in [0.29, 0.717) is 30.2 Å². The first-order valence-corrected chi connectivity index (χ1v) is 10.6. The van der Waals surface area contributed by atoms with Gasteiger partial charge in [0.25, 0.3) is 16.8 Å². The third-order valence-electron chi connectivity index (χ3n) is 4.95. The van der Waals surface area contributed by atoms with E-state index in [0.717, 1.165) is 29.5 Å². The second kappa shape index (κ2) is 8.56. The fourth-order valence-electron chi connectivity index (χ4n) is 3.36. The molecule has 3 amide bonds. The first-order valence-electron chi connectivity index (χ1n) is 9.41. The zero-order valence-electron chi connectivity index (χ0n) is 16.1. The highest BCUT2D eigenvalue weighted by atomic mass is 35.5. The van der Waals surface area contributed by atoms with E-state index in [4.69, 9.17) is 16.0 Å². The van der Waals surface area contributed by atoms with Gasteiger partial charge < -0.3 is 9.32 Å². The number of nitrogens with zero attached hydrogens (tertiary/aromatic N) is 3. The van der Waals surface area contributed by atoms with Crippen molar-refractivity contribution in [2.24, 2.45) is 0 Å². The van der Waals surface area contributed by atoms with Crippen molar-refractivity contribution in [1.82, 2.24) is 9.80 Å². The van der Waals surface area contributed by atoms with Crippen LogP contribution < -0.4 is 0 Å². The van der Waals surface area contributed by atoms with Crippen LogP contribution in [0, 0.1) is 10.1 Å². The first-order chi connectivity index (χ1) is 14.8. The lowest BCUT2D eigenvalue weighted by atomic mass is 10.1. The Labute approximate surface area is 185 Å². The molecular weight excluding hydrogens is 446 g/mol. The Balaban J connectivity index is 1.51. The quantitative estimate of drug-likeness (QED) is 0.373. The molecule has 0 aliphatic carbocycles. The van der Waals surface area contributed by atoms with Gasteiger partial charge in [-0.25, -0.2) is 0 Å². The van der Waals surface area contributed by atoms with E-state index < -0.39 is 16.1 Å². The molecule has 0 atom stereocenters. The smallest absolute Gasteiger partial charge is 0.294 e. The van der Waals surface area contributed by atoms with E-state index in [1.54, 1.807) is 23.1 Å². The van der Waals surface area contributed by atoms with Gasteiger partial charge >= 0.3 is 0 Å². The number of amides is 3. The number of imide groups is 1. The van der Waals surface area contributed by atoms with E-state index in [2.05, 4.69) is 0 Å². The van der Waals surface area contributed by atoms with Gasteiger partial charge in [-0.1, -0.05) is 11.6 Å².